The summed E-state index contributed by atoms with van der Waals surface area (Å²) in [6.07, 6.45) is 0. The number of likely N-dealkylation sites (N-methyl/N-ethyl adjacent to an activating group) is 1. The highest BCUT2D eigenvalue weighted by Crippen LogP contribution is 2.28. The lowest BCUT2D eigenvalue weighted by molar-refractivity contribution is -0.384. The van der Waals surface area contributed by atoms with Gasteiger partial charge in [-0.15, -0.1) is 0 Å². The van der Waals surface area contributed by atoms with Crippen LogP contribution in [-0.2, 0) is 4.74 Å². The number of esters is 1. The van der Waals surface area contributed by atoms with E-state index in [1.165, 1.54) is 19.2 Å². The Kier molecular flexibility index (Phi) is 7.23. The van der Waals surface area contributed by atoms with Gasteiger partial charge in [0.05, 0.1) is 30.4 Å². The Hall–Kier alpha value is -3.99. The summed E-state index contributed by atoms with van der Waals surface area (Å²) < 4.78 is 9.90. The maximum Gasteiger partial charge on any atom is 0.338 e. The van der Waals surface area contributed by atoms with Gasteiger partial charge in [-0.1, -0.05) is 0 Å². The second kappa shape index (κ2) is 10.1. The third kappa shape index (κ3) is 5.44. The summed E-state index contributed by atoms with van der Waals surface area (Å²) in [6.45, 7) is 2.71. The first kappa shape index (κ1) is 23.7. The average molecular weight is 456 g/mol. The van der Waals surface area contributed by atoms with Gasteiger partial charge < -0.3 is 24.6 Å². The van der Waals surface area contributed by atoms with Crippen molar-refractivity contribution in [2.75, 3.05) is 52.8 Å². The zero-order chi connectivity index (χ0) is 24.1. The van der Waals surface area contributed by atoms with Gasteiger partial charge in [0.15, 0.2) is 0 Å². The minimum Gasteiger partial charge on any atom is -0.495 e. The first-order chi connectivity index (χ1) is 15.7. The van der Waals surface area contributed by atoms with Crippen molar-refractivity contribution >= 4 is 29.2 Å². The summed E-state index contributed by atoms with van der Waals surface area (Å²) in [5, 5.41) is 13.9. The van der Waals surface area contributed by atoms with Crippen molar-refractivity contribution in [3.05, 3.63) is 63.2 Å². The van der Waals surface area contributed by atoms with Gasteiger partial charge >= 0.3 is 5.97 Å². The summed E-state index contributed by atoms with van der Waals surface area (Å²) in [6, 6.07) is 7.94. The number of nitro benzene ring substituents is 1. The number of piperazine rings is 1. The molecule has 1 fully saturated rings. The number of ether oxygens (including phenoxy) is 2. The highest BCUT2D eigenvalue weighted by atomic mass is 16.6. The molecule has 0 atom stereocenters. The topological polar surface area (TPSA) is 131 Å². The van der Waals surface area contributed by atoms with Crippen molar-refractivity contribution in [2.45, 2.75) is 0 Å². The van der Waals surface area contributed by atoms with Crippen LogP contribution in [0.4, 0.5) is 11.4 Å². The maximum absolute atomic E-state index is 12.9. The van der Waals surface area contributed by atoms with E-state index in [1.54, 1.807) is 17.0 Å². The average Bonchev–Trinajstić information content (AvgIpc) is 2.83. The van der Waals surface area contributed by atoms with E-state index < -0.39 is 22.5 Å². The minimum absolute atomic E-state index is 0.123. The zero-order valence-corrected chi connectivity index (χ0v) is 18.5. The molecule has 0 unspecified atom stereocenters. The van der Waals surface area contributed by atoms with Crippen LogP contribution in [0, 0.1) is 10.1 Å². The number of hydrogen-bond donors (Lipinski definition) is 1. The van der Waals surface area contributed by atoms with Gasteiger partial charge in [0.2, 0.25) is 0 Å². The number of non-ortho nitro benzene ring substituents is 1. The van der Waals surface area contributed by atoms with E-state index in [4.69, 9.17) is 4.74 Å². The Bertz CT molecular complexity index is 1090. The van der Waals surface area contributed by atoms with Crippen molar-refractivity contribution in [1.82, 2.24) is 9.80 Å². The van der Waals surface area contributed by atoms with Crippen LogP contribution in [0.1, 0.15) is 31.1 Å². The number of nitrogens with one attached hydrogen (secondary N) is 1. The first-order valence-corrected chi connectivity index (χ1v) is 10.1. The van der Waals surface area contributed by atoms with E-state index in [9.17, 15) is 24.5 Å². The SMILES string of the molecule is COC(=O)c1cc(C(=O)Nc2cc(C(=O)N3CCN(C)CC3)ccc2OC)cc([N+](=O)[O-])c1. The lowest BCUT2D eigenvalue weighted by atomic mass is 10.1. The van der Waals surface area contributed by atoms with Gasteiger partial charge in [0.1, 0.15) is 5.75 Å². The molecule has 0 aromatic heterocycles. The van der Waals surface area contributed by atoms with E-state index in [2.05, 4.69) is 15.0 Å². The number of nitrogens with zero attached hydrogens (tertiary/aromatic N) is 3. The molecule has 11 nitrogen and oxygen atoms in total. The summed E-state index contributed by atoms with van der Waals surface area (Å²) in [5.41, 5.74) is -0.113. The van der Waals surface area contributed by atoms with Crippen molar-refractivity contribution in [1.29, 1.82) is 0 Å². The van der Waals surface area contributed by atoms with Gasteiger partial charge in [-0.25, -0.2) is 4.79 Å². The molecule has 1 N–H and O–H groups in total. The van der Waals surface area contributed by atoms with Crippen LogP contribution in [-0.4, -0.2) is 80.0 Å². The Morgan fingerprint density at radius 1 is 0.970 bits per heavy atom. The number of nitro groups is 1. The molecule has 1 saturated heterocycles. The fraction of sp³-hybridized carbons (Fsp3) is 0.318. The largest absolute Gasteiger partial charge is 0.495 e. The monoisotopic (exact) mass is 456 g/mol. The molecule has 2 aromatic carbocycles. The molecule has 0 bridgehead atoms. The number of amides is 2. The molecule has 0 spiro atoms. The Morgan fingerprint density at radius 2 is 1.64 bits per heavy atom. The van der Waals surface area contributed by atoms with E-state index in [0.717, 1.165) is 32.3 Å². The number of hydrogen-bond acceptors (Lipinski definition) is 8. The highest BCUT2D eigenvalue weighted by Gasteiger charge is 2.23. The minimum atomic E-state index is -0.815. The van der Waals surface area contributed by atoms with Crippen LogP contribution in [0.5, 0.6) is 5.75 Å². The van der Waals surface area contributed by atoms with Crippen molar-refractivity contribution in [3.63, 3.8) is 0 Å². The number of anilines is 1. The lowest BCUT2D eigenvalue weighted by Crippen LogP contribution is -2.47. The fourth-order valence-corrected chi connectivity index (χ4v) is 3.41. The molecule has 174 valence electrons. The molecule has 11 heteroatoms. The van der Waals surface area contributed by atoms with E-state index >= 15 is 0 Å². The molecule has 1 aliphatic rings. The lowest BCUT2D eigenvalue weighted by Gasteiger charge is -2.32. The molecular weight excluding hydrogens is 432 g/mol. The molecule has 0 radical (unpaired) electrons. The quantitative estimate of drug-likeness (QED) is 0.397. The number of carbonyl (C=O) groups is 3. The summed E-state index contributed by atoms with van der Waals surface area (Å²) in [4.78, 5) is 52.1. The first-order valence-electron chi connectivity index (χ1n) is 10.1. The summed E-state index contributed by atoms with van der Waals surface area (Å²) in [5.74, 6) is -1.40. The second-order valence-corrected chi connectivity index (χ2v) is 7.48. The van der Waals surface area contributed by atoms with Crippen LogP contribution in [0.25, 0.3) is 0 Å². The smallest absolute Gasteiger partial charge is 0.338 e. The second-order valence-electron chi connectivity index (χ2n) is 7.48. The predicted molar refractivity (Wildman–Crippen MR) is 119 cm³/mol. The normalized spacial score (nSPS) is 13.8. The molecule has 1 aliphatic heterocycles. The van der Waals surface area contributed by atoms with Crippen LogP contribution in [0.3, 0.4) is 0 Å². The fourth-order valence-electron chi connectivity index (χ4n) is 3.41. The maximum atomic E-state index is 12.9. The van der Waals surface area contributed by atoms with Crippen LogP contribution in [0.15, 0.2) is 36.4 Å². The molecule has 2 aromatic rings. The third-order valence-electron chi connectivity index (χ3n) is 5.30. The molecule has 0 saturated carbocycles. The van der Waals surface area contributed by atoms with Crippen molar-refractivity contribution < 1.29 is 28.8 Å². The molecule has 3 rings (SSSR count). The third-order valence-corrected chi connectivity index (χ3v) is 5.30. The Balaban J connectivity index is 1.89. The van der Waals surface area contributed by atoms with Crippen molar-refractivity contribution in [3.8, 4) is 5.75 Å². The molecule has 2 amide bonds. The van der Waals surface area contributed by atoms with Gasteiger partial charge in [0.25, 0.3) is 17.5 Å². The molecular formula is C22H24N4O7. The standard InChI is InChI=1S/C22H24N4O7/c1-24-6-8-25(9-7-24)21(28)14-4-5-19(32-2)18(13-14)23-20(27)15-10-16(22(29)33-3)12-17(11-15)26(30)31/h4-5,10-13H,6-9H2,1-3H3,(H,23,27). The van der Waals surface area contributed by atoms with Gasteiger partial charge in [-0.05, 0) is 31.3 Å². The summed E-state index contributed by atoms with van der Waals surface area (Å²) >= 11 is 0. The Morgan fingerprint density at radius 3 is 2.24 bits per heavy atom. The predicted octanol–water partition coefficient (Wildman–Crippen LogP) is 2.03. The van der Waals surface area contributed by atoms with Gasteiger partial charge in [0, 0.05) is 49.4 Å². The zero-order valence-electron chi connectivity index (χ0n) is 18.5. The highest BCUT2D eigenvalue weighted by molar-refractivity contribution is 6.07. The van der Waals surface area contributed by atoms with Crippen LogP contribution < -0.4 is 10.1 Å². The molecule has 0 aliphatic carbocycles. The van der Waals surface area contributed by atoms with E-state index in [-0.39, 0.29) is 22.7 Å². The van der Waals surface area contributed by atoms with Crippen LogP contribution >= 0.6 is 0 Å². The van der Waals surface area contributed by atoms with Crippen molar-refractivity contribution in [2.24, 2.45) is 0 Å². The summed E-state index contributed by atoms with van der Waals surface area (Å²) in [7, 11) is 4.53. The van der Waals surface area contributed by atoms with Crippen LogP contribution in [0.2, 0.25) is 0 Å². The Labute approximate surface area is 190 Å². The molecule has 1 heterocycles. The number of rotatable bonds is 6. The van der Waals surface area contributed by atoms with Gasteiger partial charge in [-0.3, -0.25) is 19.7 Å². The number of benzene rings is 2. The van der Waals surface area contributed by atoms with E-state index in [0.29, 0.717) is 24.4 Å². The number of methoxy groups -OCH3 is 2. The van der Waals surface area contributed by atoms with E-state index in [1.807, 2.05) is 7.05 Å². The molecule has 33 heavy (non-hydrogen) atoms. The van der Waals surface area contributed by atoms with Gasteiger partial charge in [-0.2, -0.15) is 0 Å². The number of carbonyl (C=O) groups excluding carboxylic acids is 3.